The monoisotopic (exact) mass is 1040 g/mol. The summed E-state index contributed by atoms with van der Waals surface area (Å²) in [4.78, 5) is 48.5. The van der Waals surface area contributed by atoms with E-state index >= 15 is 0 Å². The molecule has 0 heterocycles. The number of ether oxygens (including phenoxy) is 3. The maximum atomic E-state index is 12.9. The first-order valence-corrected chi connectivity index (χ1v) is 31.4. The van der Waals surface area contributed by atoms with Crippen molar-refractivity contribution in [2.45, 2.75) is 303 Å². The molecule has 2 N–H and O–H groups in total. The first-order chi connectivity index (χ1) is 35.2. The van der Waals surface area contributed by atoms with Crippen LogP contribution in [0.5, 0.6) is 0 Å². The first kappa shape index (κ1) is 69.7. The van der Waals surface area contributed by atoms with Crippen molar-refractivity contribution in [2.75, 3.05) is 26.4 Å². The van der Waals surface area contributed by atoms with Crippen LogP contribution in [0.2, 0.25) is 0 Å². The maximum absolute atomic E-state index is 12.9. The molecule has 0 rings (SSSR count). The van der Waals surface area contributed by atoms with Crippen molar-refractivity contribution < 1.29 is 52.2 Å². The molecule has 72 heavy (non-hydrogen) atoms. The van der Waals surface area contributed by atoms with E-state index in [9.17, 15) is 28.9 Å². The SMILES string of the molecule is CCCCC/C=C\C/C=C\CCCCCCCC(=O)OC(CO)COP(=O)(O)OCC(COC(=O)CCCCCCCCCCCCC)OC(=O)CCCCCCCCCCC/C=C\CCCCCCCC. The smallest absolute Gasteiger partial charge is 0.462 e. The predicted octanol–water partition coefficient (Wildman–Crippen LogP) is 17.6. The third-order valence-electron chi connectivity index (χ3n) is 13.0. The molecule has 12 heteroatoms. The van der Waals surface area contributed by atoms with Gasteiger partial charge in [0.15, 0.2) is 6.10 Å². The van der Waals surface area contributed by atoms with Crippen molar-refractivity contribution >= 4 is 25.7 Å². The van der Waals surface area contributed by atoms with Crippen LogP contribution >= 0.6 is 7.82 Å². The minimum atomic E-state index is -4.75. The molecule has 0 amide bonds. The predicted molar refractivity (Wildman–Crippen MR) is 298 cm³/mol. The van der Waals surface area contributed by atoms with E-state index in [2.05, 4.69) is 57.2 Å². The zero-order valence-electron chi connectivity index (χ0n) is 46.7. The van der Waals surface area contributed by atoms with Gasteiger partial charge >= 0.3 is 25.7 Å². The van der Waals surface area contributed by atoms with Crippen LogP contribution in [0.4, 0.5) is 0 Å². The molecule has 0 fully saturated rings. The molecule has 0 aromatic rings. The Morgan fingerprint density at radius 2 is 0.681 bits per heavy atom. The van der Waals surface area contributed by atoms with Crippen LogP contribution in [-0.2, 0) is 42.2 Å². The summed E-state index contributed by atoms with van der Waals surface area (Å²) in [5.74, 6) is -1.46. The van der Waals surface area contributed by atoms with Gasteiger partial charge in [0.2, 0.25) is 0 Å². The number of unbranched alkanes of at least 4 members (excludes halogenated alkanes) is 33. The van der Waals surface area contributed by atoms with Crippen LogP contribution in [0.3, 0.4) is 0 Å². The molecule has 0 aromatic carbocycles. The molecule has 3 unspecified atom stereocenters. The van der Waals surface area contributed by atoms with E-state index in [0.717, 1.165) is 83.5 Å². The fraction of sp³-hybridized carbons (Fsp3) is 0.850. The number of aliphatic hydroxyl groups is 1. The Balaban J connectivity index is 4.65. The molecule has 0 bridgehead atoms. The Kier molecular flexibility index (Phi) is 53.2. The van der Waals surface area contributed by atoms with Gasteiger partial charge in [-0.25, -0.2) is 4.57 Å². The molecule has 3 atom stereocenters. The molecule has 0 aliphatic rings. The van der Waals surface area contributed by atoms with Crippen molar-refractivity contribution in [2.24, 2.45) is 0 Å². The van der Waals surface area contributed by atoms with Gasteiger partial charge < -0.3 is 24.2 Å². The zero-order chi connectivity index (χ0) is 52.7. The molecule has 0 aliphatic heterocycles. The first-order valence-electron chi connectivity index (χ1n) is 29.9. The summed E-state index contributed by atoms with van der Waals surface area (Å²) in [5, 5.41) is 9.81. The number of phosphoric acid groups is 1. The van der Waals surface area contributed by atoms with Crippen molar-refractivity contribution in [3.63, 3.8) is 0 Å². The van der Waals surface area contributed by atoms with E-state index in [4.69, 9.17) is 23.3 Å². The van der Waals surface area contributed by atoms with Crippen LogP contribution in [0.15, 0.2) is 36.5 Å². The third kappa shape index (κ3) is 52.6. The van der Waals surface area contributed by atoms with Gasteiger partial charge in [-0.3, -0.25) is 23.4 Å². The largest absolute Gasteiger partial charge is 0.472 e. The number of esters is 3. The molecular formula is C60H111O11P. The Morgan fingerprint density at radius 3 is 1.07 bits per heavy atom. The highest BCUT2D eigenvalue weighted by molar-refractivity contribution is 7.47. The molecule has 0 aromatic heterocycles. The highest BCUT2D eigenvalue weighted by atomic mass is 31.2. The highest BCUT2D eigenvalue weighted by Gasteiger charge is 2.28. The molecule has 11 nitrogen and oxygen atoms in total. The van der Waals surface area contributed by atoms with Crippen molar-refractivity contribution in [1.29, 1.82) is 0 Å². The number of carbonyl (C=O) groups excluding carboxylic acids is 3. The summed E-state index contributed by atoms with van der Waals surface area (Å²) in [5.41, 5.74) is 0. The zero-order valence-corrected chi connectivity index (χ0v) is 47.6. The van der Waals surface area contributed by atoms with E-state index in [1.807, 2.05) is 0 Å². The summed E-state index contributed by atoms with van der Waals surface area (Å²) in [6, 6.07) is 0. The van der Waals surface area contributed by atoms with Crippen LogP contribution in [0, 0.1) is 0 Å². The standard InChI is InChI=1S/C60H111O11P/c1-4-7-10-13-16-19-22-24-26-27-28-29-31-33-36-39-42-45-48-51-60(64)71-57(53-67-58(62)49-46-43-40-37-34-21-18-15-12-9-6-3)55-69-72(65,66)68-54-56(52-61)70-59(63)50-47-44-41-38-35-32-30-25-23-20-17-14-11-8-5-2/h17,20,24-26,30,56-57,61H,4-16,18-19,21-23,27-29,31-55H2,1-3H3,(H,65,66)/b20-17-,26-24-,30-25-. The van der Waals surface area contributed by atoms with Gasteiger partial charge in [-0.2, -0.15) is 0 Å². The van der Waals surface area contributed by atoms with E-state index in [1.165, 1.54) is 148 Å². The van der Waals surface area contributed by atoms with Crippen LogP contribution in [0.1, 0.15) is 290 Å². The van der Waals surface area contributed by atoms with Gasteiger partial charge in [-0.15, -0.1) is 0 Å². The molecule has 0 aliphatic carbocycles. The van der Waals surface area contributed by atoms with Crippen LogP contribution in [-0.4, -0.2) is 66.5 Å². The quantitative estimate of drug-likeness (QED) is 0.0197. The molecule has 0 saturated carbocycles. The fourth-order valence-corrected chi connectivity index (χ4v) is 9.23. The van der Waals surface area contributed by atoms with Crippen molar-refractivity contribution in [3.05, 3.63) is 36.5 Å². The second-order valence-electron chi connectivity index (χ2n) is 20.2. The van der Waals surface area contributed by atoms with Gasteiger partial charge in [0, 0.05) is 19.3 Å². The number of rotatable bonds is 56. The Bertz CT molecular complexity index is 1350. The highest BCUT2D eigenvalue weighted by Crippen LogP contribution is 2.43. The Hall–Kier alpha value is -2.30. The van der Waals surface area contributed by atoms with Gasteiger partial charge in [0.25, 0.3) is 0 Å². The summed E-state index contributed by atoms with van der Waals surface area (Å²) in [6.45, 7) is 4.63. The van der Waals surface area contributed by atoms with E-state index in [0.29, 0.717) is 19.3 Å². The van der Waals surface area contributed by atoms with Crippen molar-refractivity contribution in [1.82, 2.24) is 0 Å². The van der Waals surface area contributed by atoms with Crippen LogP contribution in [0.25, 0.3) is 0 Å². The second-order valence-corrected chi connectivity index (χ2v) is 21.6. The lowest BCUT2D eigenvalue weighted by molar-refractivity contribution is -0.161. The number of phosphoric ester groups is 1. The van der Waals surface area contributed by atoms with Gasteiger partial charge in [0.05, 0.1) is 19.8 Å². The van der Waals surface area contributed by atoms with Gasteiger partial charge in [-0.1, -0.05) is 231 Å². The summed E-state index contributed by atoms with van der Waals surface area (Å²) in [7, 11) is -4.75. The number of hydrogen-bond acceptors (Lipinski definition) is 10. The fourth-order valence-electron chi connectivity index (χ4n) is 8.44. The van der Waals surface area contributed by atoms with Crippen molar-refractivity contribution in [3.8, 4) is 0 Å². The number of allylic oxidation sites excluding steroid dienone is 6. The summed E-state index contributed by atoms with van der Waals surface area (Å²) < 4.78 is 39.5. The number of carbonyl (C=O) groups is 3. The lowest BCUT2D eigenvalue weighted by Gasteiger charge is -2.21. The second kappa shape index (κ2) is 54.9. The molecule has 422 valence electrons. The normalized spacial score (nSPS) is 13.6. The lowest BCUT2D eigenvalue weighted by atomic mass is 10.1. The van der Waals surface area contributed by atoms with Gasteiger partial charge in [-0.05, 0) is 77.0 Å². The van der Waals surface area contributed by atoms with E-state index in [1.54, 1.807) is 0 Å². The minimum absolute atomic E-state index is 0.164. The Morgan fingerprint density at radius 1 is 0.389 bits per heavy atom. The van der Waals surface area contributed by atoms with E-state index < -0.39 is 57.8 Å². The Labute approximate surface area is 441 Å². The molecular weight excluding hydrogens is 928 g/mol. The average Bonchev–Trinajstić information content (AvgIpc) is 3.37. The number of aliphatic hydroxyl groups excluding tert-OH is 1. The average molecular weight is 1040 g/mol. The molecule has 0 radical (unpaired) electrons. The van der Waals surface area contributed by atoms with Gasteiger partial charge in [0.1, 0.15) is 12.7 Å². The number of hydrogen-bond donors (Lipinski definition) is 2. The molecule has 0 saturated heterocycles. The lowest BCUT2D eigenvalue weighted by Crippen LogP contribution is -2.30. The summed E-state index contributed by atoms with van der Waals surface area (Å²) in [6.07, 6.45) is 56.7. The maximum Gasteiger partial charge on any atom is 0.472 e. The third-order valence-corrected chi connectivity index (χ3v) is 14.0. The van der Waals surface area contributed by atoms with E-state index in [-0.39, 0.29) is 25.9 Å². The minimum Gasteiger partial charge on any atom is -0.462 e. The topological polar surface area (TPSA) is 155 Å². The molecule has 0 spiro atoms. The van der Waals surface area contributed by atoms with Crippen LogP contribution < -0.4 is 0 Å². The summed E-state index contributed by atoms with van der Waals surface area (Å²) >= 11 is 0.